The summed E-state index contributed by atoms with van der Waals surface area (Å²) in [5.74, 6) is 0.212. The summed E-state index contributed by atoms with van der Waals surface area (Å²) >= 11 is 0. The zero-order valence-electron chi connectivity index (χ0n) is 17.9. The normalized spacial score (nSPS) is 12.4. The van der Waals surface area contributed by atoms with Crippen molar-refractivity contribution in [3.8, 4) is 0 Å². The van der Waals surface area contributed by atoms with Gasteiger partial charge in [-0.3, -0.25) is 14.3 Å². The minimum Gasteiger partial charge on any atom is -0.349 e. The monoisotopic (exact) mass is 430 g/mol. The number of anilines is 1. The van der Waals surface area contributed by atoms with Gasteiger partial charge in [0.2, 0.25) is 15.9 Å². The molecule has 0 saturated heterocycles. The molecule has 30 heavy (non-hydrogen) atoms. The molecule has 2 N–H and O–H groups in total. The van der Waals surface area contributed by atoms with Crippen molar-refractivity contribution >= 4 is 27.4 Å². The van der Waals surface area contributed by atoms with Crippen LogP contribution in [0.25, 0.3) is 0 Å². The molecule has 1 amide bonds. The van der Waals surface area contributed by atoms with Gasteiger partial charge in [0.1, 0.15) is 0 Å². The van der Waals surface area contributed by atoms with Crippen molar-refractivity contribution < 1.29 is 18.0 Å². The first-order valence-electron chi connectivity index (χ1n) is 10.0. The number of para-hydroxylation sites is 1. The lowest BCUT2D eigenvalue weighted by Crippen LogP contribution is -2.27. The number of benzene rings is 2. The average molecular weight is 431 g/mol. The van der Waals surface area contributed by atoms with Gasteiger partial charge in [0, 0.05) is 18.4 Å². The maximum Gasteiger partial charge on any atom is 0.229 e. The molecular formula is C23H30N2O4S. The van der Waals surface area contributed by atoms with Crippen LogP contribution in [0.15, 0.2) is 48.5 Å². The Kier molecular flexibility index (Phi) is 8.17. The van der Waals surface area contributed by atoms with E-state index >= 15 is 0 Å². The predicted molar refractivity (Wildman–Crippen MR) is 120 cm³/mol. The Hall–Kier alpha value is -2.67. The zero-order chi connectivity index (χ0) is 22.3. The molecule has 0 aliphatic carbocycles. The number of rotatable bonds is 10. The van der Waals surface area contributed by atoms with Gasteiger partial charge in [-0.1, -0.05) is 56.3 Å². The number of sulfonamides is 1. The van der Waals surface area contributed by atoms with Gasteiger partial charge in [0.25, 0.3) is 0 Å². The van der Waals surface area contributed by atoms with Crippen molar-refractivity contribution in [2.75, 3.05) is 11.0 Å². The van der Waals surface area contributed by atoms with Gasteiger partial charge in [0.05, 0.1) is 18.0 Å². The van der Waals surface area contributed by atoms with Gasteiger partial charge in [-0.05, 0) is 36.5 Å². The Bertz CT molecular complexity index is 983. The van der Waals surface area contributed by atoms with Gasteiger partial charge in [-0.2, -0.15) is 0 Å². The molecule has 0 aliphatic heterocycles. The lowest BCUT2D eigenvalue weighted by atomic mass is 9.99. The van der Waals surface area contributed by atoms with E-state index in [0.717, 1.165) is 12.7 Å². The molecule has 2 aromatic carbocycles. The van der Waals surface area contributed by atoms with Crippen LogP contribution in [0.2, 0.25) is 0 Å². The number of nitrogens with one attached hydrogen (secondary N) is 2. The SMILES string of the molecule is CC(C)Cc1ccc(C(=O)CCC(=O)NC(C)c2ccccc2NS(C)(=O)=O)cc1. The third kappa shape index (κ3) is 7.63. The number of Topliss-reactive ketones (excluding diaryl/α,β-unsaturated/α-hetero) is 1. The second kappa shape index (κ2) is 10.4. The average Bonchev–Trinajstić information content (AvgIpc) is 2.65. The topological polar surface area (TPSA) is 92.3 Å². The van der Waals surface area contributed by atoms with Crippen LogP contribution in [0, 0.1) is 5.92 Å². The van der Waals surface area contributed by atoms with Crippen molar-refractivity contribution in [1.29, 1.82) is 0 Å². The van der Waals surface area contributed by atoms with E-state index in [9.17, 15) is 18.0 Å². The van der Waals surface area contributed by atoms with E-state index < -0.39 is 16.1 Å². The smallest absolute Gasteiger partial charge is 0.229 e. The van der Waals surface area contributed by atoms with Crippen LogP contribution in [0.3, 0.4) is 0 Å². The van der Waals surface area contributed by atoms with Gasteiger partial charge in [0.15, 0.2) is 5.78 Å². The van der Waals surface area contributed by atoms with E-state index in [1.807, 2.05) is 24.3 Å². The second-order valence-corrected chi connectivity index (χ2v) is 9.72. The minimum absolute atomic E-state index is 0.0680. The van der Waals surface area contributed by atoms with E-state index in [1.165, 1.54) is 5.56 Å². The molecule has 0 heterocycles. The quantitative estimate of drug-likeness (QED) is 0.555. The zero-order valence-corrected chi connectivity index (χ0v) is 18.8. The maximum atomic E-state index is 12.4. The fraction of sp³-hybridized carbons (Fsp3) is 0.391. The Morgan fingerprint density at radius 1 is 0.933 bits per heavy atom. The van der Waals surface area contributed by atoms with Crippen molar-refractivity contribution in [2.24, 2.45) is 5.92 Å². The molecule has 0 radical (unpaired) electrons. The number of hydrogen-bond acceptors (Lipinski definition) is 4. The molecule has 2 rings (SSSR count). The first-order chi connectivity index (χ1) is 14.0. The van der Waals surface area contributed by atoms with Gasteiger partial charge >= 0.3 is 0 Å². The van der Waals surface area contributed by atoms with E-state index in [2.05, 4.69) is 23.9 Å². The number of carbonyl (C=O) groups is 2. The summed E-state index contributed by atoms with van der Waals surface area (Å²) < 4.78 is 25.6. The summed E-state index contributed by atoms with van der Waals surface area (Å²) in [5.41, 5.74) is 2.87. The third-order valence-corrected chi connectivity index (χ3v) is 5.19. The standard InChI is InChI=1S/C23H30N2O4S/c1-16(2)15-18-9-11-19(12-10-18)22(26)13-14-23(27)24-17(3)20-7-5-6-8-21(20)25-30(4,28)29/h5-12,16-17,25H,13-15H2,1-4H3,(H,24,27). The third-order valence-electron chi connectivity index (χ3n) is 4.60. The summed E-state index contributed by atoms with van der Waals surface area (Å²) in [4.78, 5) is 24.7. The van der Waals surface area contributed by atoms with Gasteiger partial charge in [-0.25, -0.2) is 8.42 Å². The van der Waals surface area contributed by atoms with Crippen LogP contribution < -0.4 is 10.0 Å². The van der Waals surface area contributed by atoms with E-state index in [4.69, 9.17) is 0 Å². The fourth-order valence-corrected chi connectivity index (χ4v) is 3.81. The van der Waals surface area contributed by atoms with Crippen LogP contribution in [0.1, 0.15) is 61.1 Å². The maximum absolute atomic E-state index is 12.4. The highest BCUT2D eigenvalue weighted by Gasteiger charge is 2.16. The number of carbonyl (C=O) groups excluding carboxylic acids is 2. The minimum atomic E-state index is -3.43. The summed E-state index contributed by atoms with van der Waals surface area (Å²) in [6.07, 6.45) is 2.22. The summed E-state index contributed by atoms with van der Waals surface area (Å²) in [5, 5.41) is 2.83. The molecule has 1 unspecified atom stereocenters. The molecule has 0 spiro atoms. The molecule has 0 saturated carbocycles. The van der Waals surface area contributed by atoms with Crippen molar-refractivity contribution in [3.05, 3.63) is 65.2 Å². The number of amides is 1. The highest BCUT2D eigenvalue weighted by Crippen LogP contribution is 2.23. The van der Waals surface area contributed by atoms with Crippen LogP contribution in [-0.4, -0.2) is 26.4 Å². The molecule has 0 fully saturated rings. The lowest BCUT2D eigenvalue weighted by Gasteiger charge is -2.18. The van der Waals surface area contributed by atoms with E-state index in [-0.39, 0.29) is 24.5 Å². The van der Waals surface area contributed by atoms with Crippen molar-refractivity contribution in [2.45, 2.75) is 46.1 Å². The number of ketones is 1. The molecule has 0 bridgehead atoms. The molecule has 6 nitrogen and oxygen atoms in total. The van der Waals surface area contributed by atoms with Crippen LogP contribution >= 0.6 is 0 Å². The van der Waals surface area contributed by atoms with Crippen LogP contribution in [-0.2, 0) is 21.2 Å². The molecule has 0 aliphatic rings. The molecule has 0 aromatic heterocycles. The first-order valence-corrected chi connectivity index (χ1v) is 11.9. The highest BCUT2D eigenvalue weighted by molar-refractivity contribution is 7.92. The van der Waals surface area contributed by atoms with Crippen molar-refractivity contribution in [3.63, 3.8) is 0 Å². The largest absolute Gasteiger partial charge is 0.349 e. The summed E-state index contributed by atoms with van der Waals surface area (Å²) in [6.45, 7) is 6.07. The van der Waals surface area contributed by atoms with Gasteiger partial charge in [-0.15, -0.1) is 0 Å². The molecule has 7 heteroatoms. The molecule has 162 valence electrons. The lowest BCUT2D eigenvalue weighted by molar-refractivity contribution is -0.121. The Morgan fingerprint density at radius 2 is 1.57 bits per heavy atom. The van der Waals surface area contributed by atoms with Gasteiger partial charge < -0.3 is 5.32 Å². The summed E-state index contributed by atoms with van der Waals surface area (Å²) in [6, 6.07) is 14.0. The van der Waals surface area contributed by atoms with E-state index in [0.29, 0.717) is 22.7 Å². The highest BCUT2D eigenvalue weighted by atomic mass is 32.2. The Balaban J connectivity index is 1.92. The van der Waals surface area contributed by atoms with Crippen LogP contribution in [0.4, 0.5) is 5.69 Å². The molecular weight excluding hydrogens is 400 g/mol. The number of hydrogen-bond donors (Lipinski definition) is 2. The van der Waals surface area contributed by atoms with E-state index in [1.54, 1.807) is 31.2 Å². The van der Waals surface area contributed by atoms with Crippen LogP contribution in [0.5, 0.6) is 0 Å². The van der Waals surface area contributed by atoms with Crippen molar-refractivity contribution in [1.82, 2.24) is 5.32 Å². The second-order valence-electron chi connectivity index (χ2n) is 7.97. The fourth-order valence-electron chi connectivity index (χ4n) is 3.23. The Morgan fingerprint density at radius 3 is 2.17 bits per heavy atom. The molecule has 1 atom stereocenters. The predicted octanol–water partition coefficient (Wildman–Crippen LogP) is 4.10. The Labute approximate surface area is 179 Å². The first kappa shape index (κ1) is 23.6. The molecule has 2 aromatic rings. The summed E-state index contributed by atoms with van der Waals surface area (Å²) in [7, 11) is -3.43.